The van der Waals surface area contributed by atoms with Gasteiger partial charge in [0.15, 0.2) is 0 Å². The van der Waals surface area contributed by atoms with Crippen molar-refractivity contribution in [1.29, 1.82) is 0 Å². The van der Waals surface area contributed by atoms with Gasteiger partial charge in [-0.3, -0.25) is 4.79 Å². The highest BCUT2D eigenvalue weighted by atomic mass is 16.5. The smallest absolute Gasteiger partial charge is 0.318 e. The molecule has 3 aliphatic rings. The van der Waals surface area contributed by atoms with Crippen LogP contribution in [0.1, 0.15) is 71.8 Å². The second kappa shape index (κ2) is 13.9. The van der Waals surface area contributed by atoms with Gasteiger partial charge in [0.1, 0.15) is 11.5 Å². The van der Waals surface area contributed by atoms with E-state index in [1.54, 1.807) is 7.11 Å². The first-order chi connectivity index (χ1) is 19.9. The Morgan fingerprint density at radius 1 is 1.05 bits per heavy atom. The van der Waals surface area contributed by atoms with Crippen LogP contribution in [0.5, 0.6) is 6.01 Å². The largest absolute Gasteiger partial charge is 0.467 e. The molecule has 5 rings (SSSR count). The minimum atomic E-state index is -0.0844. The molecule has 224 valence electrons. The van der Waals surface area contributed by atoms with Crippen LogP contribution in [0.4, 0.5) is 5.82 Å². The molecule has 2 aromatic rings. The summed E-state index contributed by atoms with van der Waals surface area (Å²) in [6.07, 6.45) is 6.01. The van der Waals surface area contributed by atoms with E-state index in [4.69, 9.17) is 18.9 Å². The number of ether oxygens (including phenoxy) is 4. The molecule has 1 aromatic carbocycles. The van der Waals surface area contributed by atoms with Crippen molar-refractivity contribution in [1.82, 2.24) is 20.2 Å². The molecule has 0 aliphatic carbocycles. The normalized spacial score (nSPS) is 25.6. The van der Waals surface area contributed by atoms with Crippen molar-refractivity contribution in [2.24, 2.45) is 0 Å². The van der Waals surface area contributed by atoms with Gasteiger partial charge in [-0.1, -0.05) is 29.8 Å². The molecular formula is C31H45N5O5. The van der Waals surface area contributed by atoms with Gasteiger partial charge in [0.2, 0.25) is 0 Å². The minimum Gasteiger partial charge on any atom is -0.467 e. The number of aromatic nitrogens is 2. The highest BCUT2D eigenvalue weighted by Crippen LogP contribution is 2.32. The lowest BCUT2D eigenvalue weighted by molar-refractivity contribution is -0.0533. The fourth-order valence-corrected chi connectivity index (χ4v) is 6.09. The summed E-state index contributed by atoms with van der Waals surface area (Å²) in [6, 6.07) is 9.40. The molecule has 2 N–H and O–H groups in total. The predicted octanol–water partition coefficient (Wildman–Crippen LogP) is 3.82. The van der Waals surface area contributed by atoms with Gasteiger partial charge < -0.3 is 34.5 Å². The number of nitrogens with one attached hydrogen (secondary N) is 2. The van der Waals surface area contributed by atoms with Crippen molar-refractivity contribution in [3.05, 3.63) is 46.6 Å². The molecule has 0 saturated carbocycles. The summed E-state index contributed by atoms with van der Waals surface area (Å²) in [4.78, 5) is 24.5. The monoisotopic (exact) mass is 567 g/mol. The number of rotatable bonds is 9. The average molecular weight is 568 g/mol. The van der Waals surface area contributed by atoms with Gasteiger partial charge in [0.25, 0.3) is 5.91 Å². The number of nitrogens with zero attached hydrogens (tertiary/aromatic N) is 3. The van der Waals surface area contributed by atoms with Crippen molar-refractivity contribution < 1.29 is 23.7 Å². The zero-order valence-corrected chi connectivity index (χ0v) is 24.9. The van der Waals surface area contributed by atoms with Gasteiger partial charge in [0.05, 0.1) is 32.0 Å². The highest BCUT2D eigenvalue weighted by molar-refractivity contribution is 5.95. The number of benzene rings is 1. The second-order valence-corrected chi connectivity index (χ2v) is 11.5. The fourth-order valence-electron chi connectivity index (χ4n) is 6.09. The van der Waals surface area contributed by atoms with E-state index >= 15 is 0 Å². The molecule has 0 spiro atoms. The number of likely N-dealkylation sites (tertiary alicyclic amines) is 1. The summed E-state index contributed by atoms with van der Waals surface area (Å²) in [6.45, 7) is 7.31. The molecule has 3 saturated heterocycles. The predicted molar refractivity (Wildman–Crippen MR) is 157 cm³/mol. The van der Waals surface area contributed by atoms with Gasteiger partial charge in [0, 0.05) is 51.0 Å². The van der Waals surface area contributed by atoms with Crippen molar-refractivity contribution in [3.63, 3.8) is 0 Å². The summed E-state index contributed by atoms with van der Waals surface area (Å²) in [7, 11) is 3.26. The molecule has 41 heavy (non-hydrogen) atoms. The number of amides is 1. The Morgan fingerprint density at radius 3 is 2.56 bits per heavy atom. The van der Waals surface area contributed by atoms with Crippen LogP contribution in [-0.2, 0) is 14.2 Å². The molecule has 1 aromatic heterocycles. The third-order valence-corrected chi connectivity index (χ3v) is 8.64. The maximum atomic E-state index is 13.6. The molecule has 4 heterocycles. The number of carbonyl (C=O) groups is 1. The molecule has 0 radical (unpaired) electrons. The summed E-state index contributed by atoms with van der Waals surface area (Å²) < 4.78 is 23.0. The number of methoxy groups -OCH3 is 2. The van der Waals surface area contributed by atoms with Crippen LogP contribution in [-0.4, -0.2) is 92.1 Å². The van der Waals surface area contributed by atoms with Crippen LogP contribution < -0.4 is 15.4 Å². The van der Waals surface area contributed by atoms with Crippen LogP contribution in [0.15, 0.2) is 24.3 Å². The Labute approximate surface area is 243 Å². The first kappa shape index (κ1) is 29.7. The molecule has 3 fully saturated rings. The SMILES string of the molecule is COc1nc(NCC2CCC[C@@H](c3ccc(C)cc3)O2)c(C)c(C(=O)N2CCC(N[C@H]3CCOC[C@H]3OC)CC2)n1. The lowest BCUT2D eigenvalue weighted by Crippen LogP contribution is -2.54. The van der Waals surface area contributed by atoms with Crippen LogP contribution in [0.25, 0.3) is 0 Å². The molecule has 1 amide bonds. The quantitative estimate of drug-likeness (QED) is 0.468. The van der Waals surface area contributed by atoms with Gasteiger partial charge >= 0.3 is 6.01 Å². The van der Waals surface area contributed by atoms with E-state index in [0.717, 1.165) is 50.7 Å². The first-order valence-corrected chi connectivity index (χ1v) is 15.0. The van der Waals surface area contributed by atoms with Crippen molar-refractivity contribution in [3.8, 4) is 6.01 Å². The number of aryl methyl sites for hydroxylation is 1. The molecule has 10 nitrogen and oxygen atoms in total. The van der Waals surface area contributed by atoms with E-state index in [0.29, 0.717) is 43.8 Å². The Kier molecular flexibility index (Phi) is 10.1. The number of anilines is 1. The average Bonchev–Trinajstić information content (AvgIpc) is 3.01. The van der Waals surface area contributed by atoms with Crippen LogP contribution in [0.2, 0.25) is 0 Å². The molecule has 4 atom stereocenters. The maximum absolute atomic E-state index is 13.6. The molecule has 0 bridgehead atoms. The summed E-state index contributed by atoms with van der Waals surface area (Å²) in [5.74, 6) is 0.529. The lowest BCUT2D eigenvalue weighted by atomic mass is 9.97. The lowest BCUT2D eigenvalue weighted by Gasteiger charge is -2.38. The van der Waals surface area contributed by atoms with Gasteiger partial charge in [-0.15, -0.1) is 0 Å². The van der Waals surface area contributed by atoms with Gasteiger partial charge in [-0.25, -0.2) is 0 Å². The summed E-state index contributed by atoms with van der Waals surface area (Å²) >= 11 is 0. The number of hydrogen-bond acceptors (Lipinski definition) is 9. The van der Waals surface area contributed by atoms with E-state index in [1.165, 1.54) is 18.2 Å². The van der Waals surface area contributed by atoms with Gasteiger partial charge in [-0.05, 0) is 57.9 Å². The third-order valence-electron chi connectivity index (χ3n) is 8.64. The zero-order chi connectivity index (χ0) is 28.8. The Hall–Kier alpha value is -2.79. The molecule has 1 unspecified atom stereocenters. The van der Waals surface area contributed by atoms with E-state index in [2.05, 4.69) is 51.8 Å². The number of hydrogen-bond donors (Lipinski definition) is 2. The molecule has 10 heteroatoms. The standard InChI is InChI=1S/C31H45N5O5/c1-20-8-10-22(11-9-20)26-7-5-6-24(41-26)18-32-29-21(2)28(34-31(35-29)39-4)30(37)36-15-12-23(13-16-36)33-25-14-17-40-19-27(25)38-3/h8-11,23-27,33H,5-7,12-19H2,1-4H3,(H,32,34,35)/t24?,25-,26-,27+/m0/s1. The van der Waals surface area contributed by atoms with E-state index in [-0.39, 0.29) is 36.3 Å². The fraction of sp³-hybridized carbons (Fsp3) is 0.645. The van der Waals surface area contributed by atoms with E-state index in [9.17, 15) is 4.79 Å². The van der Waals surface area contributed by atoms with Crippen LogP contribution in [0.3, 0.4) is 0 Å². The highest BCUT2D eigenvalue weighted by Gasteiger charge is 2.32. The van der Waals surface area contributed by atoms with Crippen molar-refractivity contribution in [2.75, 3.05) is 52.4 Å². The van der Waals surface area contributed by atoms with Crippen LogP contribution >= 0.6 is 0 Å². The third kappa shape index (κ3) is 7.35. The topological polar surface area (TPSA) is 107 Å². The minimum absolute atomic E-state index is 0.0505. The maximum Gasteiger partial charge on any atom is 0.318 e. The summed E-state index contributed by atoms with van der Waals surface area (Å²) in [5, 5.41) is 7.19. The van der Waals surface area contributed by atoms with E-state index < -0.39 is 0 Å². The molecular weight excluding hydrogens is 522 g/mol. The Balaban J connectivity index is 1.19. The number of piperidine rings is 1. The van der Waals surface area contributed by atoms with Crippen molar-refractivity contribution >= 4 is 11.7 Å². The Morgan fingerprint density at radius 2 is 1.83 bits per heavy atom. The van der Waals surface area contributed by atoms with Gasteiger partial charge in [-0.2, -0.15) is 9.97 Å². The van der Waals surface area contributed by atoms with Crippen LogP contribution in [0, 0.1) is 13.8 Å². The molecule has 3 aliphatic heterocycles. The first-order valence-electron chi connectivity index (χ1n) is 15.0. The van der Waals surface area contributed by atoms with E-state index in [1.807, 2.05) is 11.8 Å². The zero-order valence-electron chi connectivity index (χ0n) is 24.9. The second-order valence-electron chi connectivity index (χ2n) is 11.5. The Bertz CT molecular complexity index is 1150. The number of carbonyl (C=O) groups excluding carboxylic acids is 1. The summed E-state index contributed by atoms with van der Waals surface area (Å²) in [5.41, 5.74) is 3.58. The van der Waals surface area contributed by atoms with Crippen molar-refractivity contribution in [2.45, 2.75) is 82.8 Å².